The maximum absolute atomic E-state index is 9.41. The molecule has 2 rings (SSSR count). The van der Waals surface area contributed by atoms with Crippen LogP contribution in [-0.2, 0) is 0 Å². The minimum atomic E-state index is 0.444. The lowest BCUT2D eigenvalue weighted by molar-refractivity contribution is 0.0723. The van der Waals surface area contributed by atoms with Crippen molar-refractivity contribution in [3.63, 3.8) is 0 Å². The highest BCUT2D eigenvalue weighted by molar-refractivity contribution is 7.99. The Hall–Kier alpha value is 0.310. The Labute approximate surface area is 85.3 Å². The van der Waals surface area contributed by atoms with E-state index in [4.69, 9.17) is 0 Å². The van der Waals surface area contributed by atoms with Gasteiger partial charge in [0.25, 0.3) is 0 Å². The Balaban J connectivity index is 1.86. The Kier molecular flexibility index (Phi) is 3.56. The third-order valence-corrected chi connectivity index (χ3v) is 4.89. The molecule has 2 aliphatic rings. The number of hydrogen-bond donors (Lipinski definition) is 1. The molecule has 0 bridgehead atoms. The highest BCUT2D eigenvalue weighted by Crippen LogP contribution is 2.41. The lowest BCUT2D eigenvalue weighted by Gasteiger charge is -2.39. The number of rotatable bonds is 3. The van der Waals surface area contributed by atoms with Crippen molar-refractivity contribution < 1.29 is 5.11 Å². The summed E-state index contributed by atoms with van der Waals surface area (Å²) >= 11 is 2.08. The van der Waals surface area contributed by atoms with Gasteiger partial charge in [0.2, 0.25) is 0 Å². The molecule has 13 heavy (non-hydrogen) atoms. The first-order chi connectivity index (χ1) is 6.42. The van der Waals surface area contributed by atoms with E-state index in [9.17, 15) is 5.11 Å². The summed E-state index contributed by atoms with van der Waals surface area (Å²) < 4.78 is 0. The van der Waals surface area contributed by atoms with E-state index < -0.39 is 0 Å². The predicted molar refractivity (Wildman–Crippen MR) is 58.0 cm³/mol. The van der Waals surface area contributed by atoms with Gasteiger partial charge in [-0.1, -0.05) is 19.3 Å². The fraction of sp³-hybridized carbons (Fsp3) is 1.00. The summed E-state index contributed by atoms with van der Waals surface area (Å²) in [6.45, 7) is 0.444. The molecular formula is C11H20OS. The van der Waals surface area contributed by atoms with E-state index >= 15 is 0 Å². The molecule has 1 saturated carbocycles. The fourth-order valence-electron chi connectivity index (χ4n) is 2.69. The summed E-state index contributed by atoms with van der Waals surface area (Å²) in [5, 5.41) is 9.41. The van der Waals surface area contributed by atoms with Crippen LogP contribution in [0.2, 0.25) is 0 Å². The summed E-state index contributed by atoms with van der Waals surface area (Å²) in [4.78, 5) is 0. The monoisotopic (exact) mass is 200 g/mol. The van der Waals surface area contributed by atoms with Gasteiger partial charge < -0.3 is 5.11 Å². The number of hydrogen-bond acceptors (Lipinski definition) is 2. The molecule has 1 aliphatic carbocycles. The van der Waals surface area contributed by atoms with Gasteiger partial charge in [0.1, 0.15) is 0 Å². The van der Waals surface area contributed by atoms with Crippen LogP contribution in [-0.4, -0.2) is 23.2 Å². The van der Waals surface area contributed by atoms with Gasteiger partial charge in [0.05, 0.1) is 0 Å². The van der Waals surface area contributed by atoms with Crippen molar-refractivity contribution in [3.05, 3.63) is 0 Å². The summed E-state index contributed by atoms with van der Waals surface area (Å²) in [6.07, 6.45) is 6.88. The van der Waals surface area contributed by atoms with E-state index in [1.807, 2.05) is 0 Å². The standard InChI is InChI=1S/C11H20OS/c12-8-11(9-2-1-3-9)10-4-6-13-7-5-10/h9-12H,1-8H2. The molecule has 1 aliphatic heterocycles. The zero-order chi connectivity index (χ0) is 9.10. The number of aliphatic hydroxyl groups is 1. The Morgan fingerprint density at radius 3 is 2.15 bits per heavy atom. The molecule has 1 saturated heterocycles. The van der Waals surface area contributed by atoms with Crippen molar-refractivity contribution in [2.24, 2.45) is 17.8 Å². The average molecular weight is 200 g/mol. The van der Waals surface area contributed by atoms with Crippen LogP contribution in [0.15, 0.2) is 0 Å². The molecule has 0 amide bonds. The first kappa shape index (κ1) is 9.85. The first-order valence-electron chi connectivity index (χ1n) is 5.60. The topological polar surface area (TPSA) is 20.2 Å². The molecule has 1 heterocycles. The third kappa shape index (κ3) is 2.21. The lowest BCUT2D eigenvalue weighted by Crippen LogP contribution is -2.33. The minimum absolute atomic E-state index is 0.444. The molecular weight excluding hydrogens is 180 g/mol. The van der Waals surface area contributed by atoms with Crippen molar-refractivity contribution in [2.45, 2.75) is 32.1 Å². The molecule has 0 aromatic carbocycles. The van der Waals surface area contributed by atoms with Crippen molar-refractivity contribution in [1.82, 2.24) is 0 Å². The first-order valence-corrected chi connectivity index (χ1v) is 6.76. The van der Waals surface area contributed by atoms with E-state index in [1.165, 1.54) is 43.6 Å². The zero-order valence-electron chi connectivity index (χ0n) is 8.24. The van der Waals surface area contributed by atoms with Gasteiger partial charge >= 0.3 is 0 Å². The third-order valence-electron chi connectivity index (χ3n) is 3.84. The highest BCUT2D eigenvalue weighted by atomic mass is 32.2. The van der Waals surface area contributed by atoms with E-state index in [2.05, 4.69) is 11.8 Å². The molecule has 1 nitrogen and oxygen atoms in total. The average Bonchev–Trinajstić information content (AvgIpc) is 2.12. The van der Waals surface area contributed by atoms with Gasteiger partial charge in [-0.3, -0.25) is 0 Å². The van der Waals surface area contributed by atoms with Crippen molar-refractivity contribution >= 4 is 11.8 Å². The van der Waals surface area contributed by atoms with E-state index in [0.29, 0.717) is 12.5 Å². The SMILES string of the molecule is OCC(C1CCC1)C1CCSCC1. The van der Waals surface area contributed by atoms with Gasteiger partial charge in [0, 0.05) is 6.61 Å². The van der Waals surface area contributed by atoms with E-state index in [-0.39, 0.29) is 0 Å². The zero-order valence-corrected chi connectivity index (χ0v) is 9.06. The number of thioether (sulfide) groups is 1. The van der Waals surface area contributed by atoms with E-state index in [1.54, 1.807) is 0 Å². The molecule has 2 fully saturated rings. The normalized spacial score (nSPS) is 28.4. The second-order valence-electron chi connectivity index (χ2n) is 4.49. The summed E-state index contributed by atoms with van der Waals surface area (Å²) in [6, 6.07) is 0. The van der Waals surface area contributed by atoms with Crippen LogP contribution in [0.1, 0.15) is 32.1 Å². The van der Waals surface area contributed by atoms with Crippen molar-refractivity contribution in [2.75, 3.05) is 18.1 Å². The Bertz CT molecular complexity index is 150. The minimum Gasteiger partial charge on any atom is -0.396 e. The Morgan fingerprint density at radius 1 is 1.08 bits per heavy atom. The molecule has 0 spiro atoms. The quantitative estimate of drug-likeness (QED) is 0.755. The van der Waals surface area contributed by atoms with Crippen molar-refractivity contribution in [3.8, 4) is 0 Å². The molecule has 1 N–H and O–H groups in total. The van der Waals surface area contributed by atoms with Crippen LogP contribution < -0.4 is 0 Å². The lowest BCUT2D eigenvalue weighted by atomic mass is 9.69. The van der Waals surface area contributed by atoms with Crippen LogP contribution >= 0.6 is 11.8 Å². The predicted octanol–water partition coefficient (Wildman–Crippen LogP) is 2.54. The fourth-order valence-corrected chi connectivity index (χ4v) is 3.84. The van der Waals surface area contributed by atoms with Gasteiger partial charge in [-0.2, -0.15) is 11.8 Å². The molecule has 0 radical (unpaired) electrons. The molecule has 0 aromatic heterocycles. The maximum Gasteiger partial charge on any atom is 0.0464 e. The maximum atomic E-state index is 9.41. The second kappa shape index (κ2) is 4.70. The molecule has 0 aromatic rings. The summed E-state index contributed by atoms with van der Waals surface area (Å²) in [5.74, 6) is 5.02. The van der Waals surface area contributed by atoms with Crippen LogP contribution in [0.5, 0.6) is 0 Å². The molecule has 1 unspecified atom stereocenters. The van der Waals surface area contributed by atoms with E-state index in [0.717, 1.165) is 11.8 Å². The highest BCUT2D eigenvalue weighted by Gasteiger charge is 2.33. The van der Waals surface area contributed by atoms with Gasteiger partial charge in [0.15, 0.2) is 0 Å². The van der Waals surface area contributed by atoms with Gasteiger partial charge in [-0.25, -0.2) is 0 Å². The van der Waals surface area contributed by atoms with Gasteiger partial charge in [-0.05, 0) is 42.1 Å². The second-order valence-corrected chi connectivity index (χ2v) is 5.71. The molecule has 76 valence electrons. The van der Waals surface area contributed by atoms with Crippen LogP contribution in [0, 0.1) is 17.8 Å². The summed E-state index contributed by atoms with van der Waals surface area (Å²) in [7, 11) is 0. The van der Waals surface area contributed by atoms with Gasteiger partial charge in [-0.15, -0.1) is 0 Å². The van der Waals surface area contributed by atoms with Crippen LogP contribution in [0.3, 0.4) is 0 Å². The van der Waals surface area contributed by atoms with Crippen LogP contribution in [0.25, 0.3) is 0 Å². The molecule has 1 atom stereocenters. The number of aliphatic hydroxyl groups excluding tert-OH is 1. The molecule has 2 heteroatoms. The smallest absolute Gasteiger partial charge is 0.0464 e. The largest absolute Gasteiger partial charge is 0.396 e. The van der Waals surface area contributed by atoms with Crippen LogP contribution in [0.4, 0.5) is 0 Å². The summed E-state index contributed by atoms with van der Waals surface area (Å²) in [5.41, 5.74) is 0. The van der Waals surface area contributed by atoms with Crippen molar-refractivity contribution in [1.29, 1.82) is 0 Å². The Morgan fingerprint density at radius 2 is 1.69 bits per heavy atom.